The molecule has 3 aromatic rings. The second kappa shape index (κ2) is 6.84. The van der Waals surface area contributed by atoms with Gasteiger partial charge in [0.25, 0.3) is 0 Å². The average Bonchev–Trinajstić information content (AvgIpc) is 2.58. The molecule has 0 aliphatic rings. The fourth-order valence-electron chi connectivity index (χ4n) is 2.37. The normalized spacial score (nSPS) is 11.2. The second-order valence-electron chi connectivity index (χ2n) is 5.24. The molecule has 0 saturated heterocycles. The Morgan fingerprint density at radius 2 is 1.42 bits per heavy atom. The minimum Gasteiger partial charge on any atom is -0.382 e. The predicted molar refractivity (Wildman–Crippen MR) is 91.5 cm³/mol. The molecule has 0 fully saturated rings. The maximum absolute atomic E-state index is 13.7. The minimum absolute atomic E-state index is 0.0784. The number of hydrogen-bond donors (Lipinski definition) is 0. The SMILES string of the molecule is O=S(=O)(Cc1ccccc1F)Oc1ccccc1-c1ccccc1. The molecule has 3 rings (SSSR count). The Morgan fingerprint density at radius 1 is 0.792 bits per heavy atom. The molecule has 3 aromatic carbocycles. The average molecular weight is 342 g/mol. The van der Waals surface area contributed by atoms with E-state index in [-0.39, 0.29) is 11.3 Å². The van der Waals surface area contributed by atoms with Gasteiger partial charge in [0, 0.05) is 11.1 Å². The molecule has 0 saturated carbocycles. The lowest BCUT2D eigenvalue weighted by Gasteiger charge is -2.12. The van der Waals surface area contributed by atoms with Crippen LogP contribution >= 0.6 is 0 Å². The maximum atomic E-state index is 13.7. The summed E-state index contributed by atoms with van der Waals surface area (Å²) >= 11 is 0. The van der Waals surface area contributed by atoms with E-state index in [0.29, 0.717) is 5.56 Å². The second-order valence-corrected chi connectivity index (χ2v) is 6.81. The molecule has 0 spiro atoms. The van der Waals surface area contributed by atoms with Crippen molar-refractivity contribution in [1.29, 1.82) is 0 Å². The summed E-state index contributed by atoms with van der Waals surface area (Å²) in [7, 11) is -3.98. The summed E-state index contributed by atoms with van der Waals surface area (Å²) < 4.78 is 43.6. The van der Waals surface area contributed by atoms with E-state index in [4.69, 9.17) is 4.18 Å². The van der Waals surface area contributed by atoms with Crippen molar-refractivity contribution in [2.24, 2.45) is 0 Å². The lowest BCUT2D eigenvalue weighted by Crippen LogP contribution is -2.13. The predicted octanol–water partition coefficient (Wildman–Crippen LogP) is 4.40. The van der Waals surface area contributed by atoms with E-state index in [9.17, 15) is 12.8 Å². The van der Waals surface area contributed by atoms with E-state index < -0.39 is 21.7 Å². The molecular formula is C19H15FO3S. The molecule has 0 aromatic heterocycles. The highest BCUT2D eigenvalue weighted by atomic mass is 32.2. The van der Waals surface area contributed by atoms with Crippen LogP contribution in [0.15, 0.2) is 78.9 Å². The van der Waals surface area contributed by atoms with Gasteiger partial charge in [-0.3, -0.25) is 0 Å². The van der Waals surface area contributed by atoms with Crippen molar-refractivity contribution in [2.75, 3.05) is 0 Å². The van der Waals surface area contributed by atoms with Crippen LogP contribution in [0.2, 0.25) is 0 Å². The van der Waals surface area contributed by atoms with E-state index in [1.807, 2.05) is 30.3 Å². The van der Waals surface area contributed by atoms with Gasteiger partial charge in [-0.15, -0.1) is 0 Å². The zero-order valence-corrected chi connectivity index (χ0v) is 13.5. The Balaban J connectivity index is 1.90. The third kappa shape index (κ3) is 3.81. The molecule has 0 aliphatic carbocycles. The fourth-order valence-corrected chi connectivity index (χ4v) is 3.46. The molecular weight excluding hydrogens is 327 g/mol. The Labute approximate surface area is 140 Å². The van der Waals surface area contributed by atoms with Crippen molar-refractivity contribution in [2.45, 2.75) is 5.75 Å². The van der Waals surface area contributed by atoms with Gasteiger partial charge in [0.15, 0.2) is 0 Å². The van der Waals surface area contributed by atoms with Crippen LogP contribution in [0.5, 0.6) is 5.75 Å². The topological polar surface area (TPSA) is 43.4 Å². The van der Waals surface area contributed by atoms with Crippen molar-refractivity contribution in [3.8, 4) is 16.9 Å². The summed E-state index contributed by atoms with van der Waals surface area (Å²) in [6, 6.07) is 22.0. The van der Waals surface area contributed by atoms with Crippen molar-refractivity contribution in [1.82, 2.24) is 0 Å². The fraction of sp³-hybridized carbons (Fsp3) is 0.0526. The van der Waals surface area contributed by atoms with Gasteiger partial charge in [-0.05, 0) is 17.7 Å². The van der Waals surface area contributed by atoms with Crippen LogP contribution in [-0.4, -0.2) is 8.42 Å². The van der Waals surface area contributed by atoms with Gasteiger partial charge < -0.3 is 4.18 Å². The molecule has 0 amide bonds. The summed E-state index contributed by atoms with van der Waals surface area (Å²) in [5.74, 6) is -0.871. The van der Waals surface area contributed by atoms with Crippen molar-refractivity contribution in [3.05, 3.63) is 90.2 Å². The molecule has 24 heavy (non-hydrogen) atoms. The number of rotatable bonds is 5. The smallest absolute Gasteiger partial charge is 0.313 e. The van der Waals surface area contributed by atoms with Crippen molar-refractivity contribution < 1.29 is 17.0 Å². The van der Waals surface area contributed by atoms with Gasteiger partial charge in [-0.2, -0.15) is 8.42 Å². The largest absolute Gasteiger partial charge is 0.382 e. The summed E-state index contributed by atoms with van der Waals surface area (Å²) in [5.41, 5.74) is 1.58. The summed E-state index contributed by atoms with van der Waals surface area (Å²) in [6.07, 6.45) is 0. The van der Waals surface area contributed by atoms with E-state index in [1.54, 1.807) is 30.3 Å². The first-order chi connectivity index (χ1) is 11.6. The lowest BCUT2D eigenvalue weighted by atomic mass is 10.1. The third-order valence-electron chi connectivity index (χ3n) is 3.48. The molecule has 0 atom stereocenters. The highest BCUT2D eigenvalue weighted by molar-refractivity contribution is 7.86. The first-order valence-corrected chi connectivity index (χ1v) is 8.93. The van der Waals surface area contributed by atoms with Crippen LogP contribution in [0.4, 0.5) is 4.39 Å². The van der Waals surface area contributed by atoms with Gasteiger partial charge in [0.2, 0.25) is 0 Å². The van der Waals surface area contributed by atoms with Crippen LogP contribution in [0.25, 0.3) is 11.1 Å². The zero-order chi connectivity index (χ0) is 17.0. The Morgan fingerprint density at radius 3 is 2.17 bits per heavy atom. The summed E-state index contributed by atoms with van der Waals surface area (Å²) in [5, 5.41) is 0. The monoisotopic (exact) mass is 342 g/mol. The van der Waals surface area contributed by atoms with E-state index in [1.165, 1.54) is 18.2 Å². The highest BCUT2D eigenvalue weighted by Crippen LogP contribution is 2.31. The van der Waals surface area contributed by atoms with E-state index >= 15 is 0 Å². The molecule has 5 heteroatoms. The van der Waals surface area contributed by atoms with Gasteiger partial charge >= 0.3 is 10.1 Å². The third-order valence-corrected chi connectivity index (χ3v) is 4.58. The Hall–Kier alpha value is -2.66. The molecule has 0 heterocycles. The van der Waals surface area contributed by atoms with E-state index in [2.05, 4.69) is 0 Å². The first-order valence-electron chi connectivity index (χ1n) is 7.35. The molecule has 0 unspecified atom stereocenters. The Bertz CT molecular complexity index is 938. The van der Waals surface area contributed by atoms with Crippen LogP contribution in [-0.2, 0) is 15.9 Å². The Kier molecular flexibility index (Phi) is 4.62. The molecule has 0 N–H and O–H groups in total. The number of benzene rings is 3. The first kappa shape index (κ1) is 16.2. The van der Waals surface area contributed by atoms with Gasteiger partial charge in [-0.25, -0.2) is 4.39 Å². The lowest BCUT2D eigenvalue weighted by molar-refractivity contribution is 0.484. The molecule has 3 nitrogen and oxygen atoms in total. The molecule has 0 bridgehead atoms. The molecule has 122 valence electrons. The highest BCUT2D eigenvalue weighted by Gasteiger charge is 2.18. The van der Waals surface area contributed by atoms with E-state index in [0.717, 1.165) is 5.56 Å². The molecule has 0 radical (unpaired) electrons. The number of para-hydroxylation sites is 1. The quantitative estimate of drug-likeness (QED) is 0.646. The van der Waals surface area contributed by atoms with Gasteiger partial charge in [-0.1, -0.05) is 66.7 Å². The zero-order valence-electron chi connectivity index (χ0n) is 12.7. The van der Waals surface area contributed by atoms with Crippen LogP contribution in [0.1, 0.15) is 5.56 Å². The van der Waals surface area contributed by atoms with Crippen LogP contribution < -0.4 is 4.18 Å². The summed E-state index contributed by atoms with van der Waals surface area (Å²) in [4.78, 5) is 0. The van der Waals surface area contributed by atoms with Crippen molar-refractivity contribution in [3.63, 3.8) is 0 Å². The molecule has 0 aliphatic heterocycles. The van der Waals surface area contributed by atoms with Gasteiger partial charge in [0.1, 0.15) is 17.3 Å². The summed E-state index contributed by atoms with van der Waals surface area (Å²) in [6.45, 7) is 0. The maximum Gasteiger partial charge on any atom is 0.313 e. The van der Waals surface area contributed by atoms with Crippen LogP contribution in [0, 0.1) is 5.82 Å². The van der Waals surface area contributed by atoms with Crippen LogP contribution in [0.3, 0.4) is 0 Å². The number of halogens is 1. The number of hydrogen-bond acceptors (Lipinski definition) is 3. The van der Waals surface area contributed by atoms with Crippen molar-refractivity contribution >= 4 is 10.1 Å². The van der Waals surface area contributed by atoms with Gasteiger partial charge in [0.05, 0.1) is 0 Å². The minimum atomic E-state index is -3.98. The standard InChI is InChI=1S/C19H15FO3S/c20-18-12-6-4-10-16(18)14-24(21,22)23-19-13-7-5-11-17(19)15-8-2-1-3-9-15/h1-13H,14H2.